The third-order valence-corrected chi connectivity index (χ3v) is 2.77. The lowest BCUT2D eigenvalue weighted by molar-refractivity contribution is -0.118. The van der Waals surface area contributed by atoms with Crippen LogP contribution in [0.1, 0.15) is 13.3 Å². The Kier molecular flexibility index (Phi) is 3.50. The number of carbonyl (C=O) groups excluding carboxylic acids is 1. The van der Waals surface area contributed by atoms with E-state index in [1.54, 1.807) is 25.3 Å². The van der Waals surface area contributed by atoms with Gasteiger partial charge in [0.25, 0.3) is 0 Å². The van der Waals surface area contributed by atoms with E-state index < -0.39 is 11.7 Å². The molecule has 1 aromatic heterocycles. The predicted molar refractivity (Wildman–Crippen MR) is 73.0 cm³/mol. The highest BCUT2D eigenvalue weighted by Crippen LogP contribution is 2.30. The molecule has 5 nitrogen and oxygen atoms in total. The summed E-state index contributed by atoms with van der Waals surface area (Å²) in [5.74, 6) is -0.951. The molecule has 0 aliphatic heterocycles. The van der Waals surface area contributed by atoms with Crippen molar-refractivity contribution < 1.29 is 9.18 Å². The lowest BCUT2D eigenvalue weighted by Crippen LogP contribution is -2.24. The van der Waals surface area contributed by atoms with E-state index in [4.69, 9.17) is 11.5 Å². The van der Waals surface area contributed by atoms with E-state index in [1.165, 1.54) is 6.07 Å². The summed E-state index contributed by atoms with van der Waals surface area (Å²) in [6.07, 6.45) is 1.67. The second kappa shape index (κ2) is 5.09. The van der Waals surface area contributed by atoms with Gasteiger partial charge in [0.1, 0.15) is 0 Å². The van der Waals surface area contributed by atoms with Crippen molar-refractivity contribution in [2.75, 3.05) is 11.1 Å². The summed E-state index contributed by atoms with van der Waals surface area (Å²) in [7, 11) is 0. The van der Waals surface area contributed by atoms with E-state index in [0.29, 0.717) is 16.6 Å². The third-order valence-electron chi connectivity index (χ3n) is 2.77. The SMILES string of the molecule is CC(CC(N)=O)Nc1c(F)cc(N)c2cccnc12. The molecular weight excluding hydrogens is 247 g/mol. The maximum atomic E-state index is 14.0. The molecule has 1 aromatic carbocycles. The zero-order chi connectivity index (χ0) is 14.0. The van der Waals surface area contributed by atoms with Crippen LogP contribution in [0.15, 0.2) is 24.4 Å². The van der Waals surface area contributed by atoms with Crippen molar-refractivity contribution >= 4 is 28.2 Å². The van der Waals surface area contributed by atoms with E-state index in [0.717, 1.165) is 0 Å². The van der Waals surface area contributed by atoms with E-state index in [-0.39, 0.29) is 18.2 Å². The van der Waals surface area contributed by atoms with Gasteiger partial charge in [0.2, 0.25) is 5.91 Å². The van der Waals surface area contributed by atoms with Gasteiger partial charge in [-0.3, -0.25) is 9.78 Å². The Balaban J connectivity index is 2.45. The summed E-state index contributed by atoms with van der Waals surface area (Å²) < 4.78 is 14.0. The predicted octanol–water partition coefficient (Wildman–Crippen LogP) is 1.63. The molecule has 0 saturated heterocycles. The minimum absolute atomic E-state index is 0.109. The monoisotopic (exact) mass is 262 g/mol. The Labute approximate surface area is 109 Å². The summed E-state index contributed by atoms with van der Waals surface area (Å²) in [5, 5.41) is 3.58. The molecule has 0 radical (unpaired) electrons. The molecular formula is C13H15FN4O. The molecule has 1 unspecified atom stereocenters. The highest BCUT2D eigenvalue weighted by Gasteiger charge is 2.14. The summed E-state index contributed by atoms with van der Waals surface area (Å²) >= 11 is 0. The van der Waals surface area contributed by atoms with Crippen molar-refractivity contribution in [3.63, 3.8) is 0 Å². The Morgan fingerprint density at radius 2 is 2.32 bits per heavy atom. The van der Waals surface area contributed by atoms with Crippen molar-refractivity contribution in [1.29, 1.82) is 0 Å². The number of fused-ring (bicyclic) bond motifs is 1. The fourth-order valence-electron chi connectivity index (χ4n) is 1.97. The minimum Gasteiger partial charge on any atom is -0.398 e. The molecule has 2 aromatic rings. The van der Waals surface area contributed by atoms with Crippen LogP contribution < -0.4 is 16.8 Å². The lowest BCUT2D eigenvalue weighted by atomic mass is 10.1. The first-order valence-electron chi connectivity index (χ1n) is 5.86. The fraction of sp³-hybridized carbons (Fsp3) is 0.231. The van der Waals surface area contributed by atoms with Gasteiger partial charge in [-0.25, -0.2) is 4.39 Å². The average molecular weight is 262 g/mol. The van der Waals surface area contributed by atoms with E-state index in [2.05, 4.69) is 10.3 Å². The quantitative estimate of drug-likeness (QED) is 0.730. The Hall–Kier alpha value is -2.37. The van der Waals surface area contributed by atoms with E-state index in [9.17, 15) is 9.18 Å². The maximum absolute atomic E-state index is 14.0. The molecule has 100 valence electrons. The zero-order valence-corrected chi connectivity index (χ0v) is 10.5. The largest absolute Gasteiger partial charge is 0.398 e. The summed E-state index contributed by atoms with van der Waals surface area (Å²) in [5.41, 5.74) is 11.9. The molecule has 0 saturated carbocycles. The summed E-state index contributed by atoms with van der Waals surface area (Å²) in [6.45, 7) is 1.75. The normalized spacial score (nSPS) is 12.3. The highest BCUT2D eigenvalue weighted by molar-refractivity contribution is 5.98. The number of hydrogen-bond acceptors (Lipinski definition) is 4. The number of benzene rings is 1. The Bertz CT molecular complexity index is 629. The molecule has 1 amide bonds. The van der Waals surface area contributed by atoms with Crippen LogP contribution in [0, 0.1) is 5.82 Å². The number of nitrogens with zero attached hydrogens (tertiary/aromatic N) is 1. The van der Waals surface area contributed by atoms with Crippen molar-refractivity contribution in [2.45, 2.75) is 19.4 Å². The van der Waals surface area contributed by atoms with Crippen LogP contribution in [-0.4, -0.2) is 16.9 Å². The van der Waals surface area contributed by atoms with Gasteiger partial charge in [0, 0.05) is 29.7 Å². The lowest BCUT2D eigenvalue weighted by Gasteiger charge is -2.16. The summed E-state index contributed by atoms with van der Waals surface area (Å²) in [6, 6.07) is 4.44. The van der Waals surface area contributed by atoms with E-state index >= 15 is 0 Å². The number of anilines is 2. The number of pyridine rings is 1. The number of rotatable bonds is 4. The van der Waals surface area contributed by atoms with Crippen molar-refractivity contribution in [1.82, 2.24) is 4.98 Å². The molecule has 0 aliphatic carbocycles. The molecule has 0 fully saturated rings. The standard InChI is InChI=1S/C13H15FN4O/c1-7(5-11(16)19)18-13-9(14)6-10(15)8-3-2-4-17-12(8)13/h2-4,6-7,18H,5,15H2,1H3,(H2,16,19). The molecule has 2 rings (SSSR count). The average Bonchev–Trinajstić information content (AvgIpc) is 2.33. The molecule has 0 spiro atoms. The Morgan fingerprint density at radius 1 is 1.58 bits per heavy atom. The van der Waals surface area contributed by atoms with Gasteiger partial charge in [0.05, 0.1) is 11.2 Å². The van der Waals surface area contributed by atoms with Crippen LogP contribution in [0.3, 0.4) is 0 Å². The second-order valence-electron chi connectivity index (χ2n) is 4.44. The van der Waals surface area contributed by atoms with E-state index in [1.807, 2.05) is 0 Å². The Morgan fingerprint density at radius 3 is 3.00 bits per heavy atom. The van der Waals surface area contributed by atoms with Crippen LogP contribution in [0.2, 0.25) is 0 Å². The fourth-order valence-corrected chi connectivity index (χ4v) is 1.97. The smallest absolute Gasteiger partial charge is 0.219 e. The topological polar surface area (TPSA) is 94.0 Å². The maximum Gasteiger partial charge on any atom is 0.219 e. The van der Waals surface area contributed by atoms with Gasteiger partial charge >= 0.3 is 0 Å². The number of nitrogens with one attached hydrogen (secondary N) is 1. The number of nitrogens with two attached hydrogens (primary N) is 2. The molecule has 1 heterocycles. The van der Waals surface area contributed by atoms with Crippen LogP contribution in [-0.2, 0) is 4.79 Å². The first-order valence-corrected chi connectivity index (χ1v) is 5.86. The number of nitrogen functional groups attached to an aromatic ring is 1. The number of aromatic nitrogens is 1. The van der Waals surface area contributed by atoms with Crippen molar-refractivity contribution in [2.24, 2.45) is 5.73 Å². The highest BCUT2D eigenvalue weighted by atomic mass is 19.1. The van der Waals surface area contributed by atoms with Crippen LogP contribution in [0.25, 0.3) is 10.9 Å². The summed E-state index contributed by atoms with van der Waals surface area (Å²) in [4.78, 5) is 15.0. The third kappa shape index (κ3) is 2.73. The molecule has 0 aliphatic rings. The van der Waals surface area contributed by atoms with Crippen LogP contribution >= 0.6 is 0 Å². The first kappa shape index (κ1) is 13.1. The van der Waals surface area contributed by atoms with Crippen LogP contribution in [0.4, 0.5) is 15.8 Å². The van der Waals surface area contributed by atoms with Crippen molar-refractivity contribution in [3.8, 4) is 0 Å². The van der Waals surface area contributed by atoms with Crippen LogP contribution in [0.5, 0.6) is 0 Å². The zero-order valence-electron chi connectivity index (χ0n) is 10.5. The van der Waals surface area contributed by atoms with Gasteiger partial charge in [-0.15, -0.1) is 0 Å². The molecule has 1 atom stereocenters. The molecule has 5 N–H and O–H groups in total. The number of hydrogen-bond donors (Lipinski definition) is 3. The minimum atomic E-state index is -0.500. The molecule has 0 bridgehead atoms. The van der Waals surface area contributed by atoms with Gasteiger partial charge in [-0.1, -0.05) is 0 Å². The molecule has 6 heteroatoms. The van der Waals surface area contributed by atoms with Crippen molar-refractivity contribution in [3.05, 3.63) is 30.2 Å². The number of primary amides is 1. The second-order valence-corrected chi connectivity index (χ2v) is 4.44. The number of halogens is 1. The number of amides is 1. The van der Waals surface area contributed by atoms with Gasteiger partial charge in [-0.05, 0) is 25.1 Å². The van der Waals surface area contributed by atoms with Gasteiger partial charge < -0.3 is 16.8 Å². The van der Waals surface area contributed by atoms with Gasteiger partial charge in [-0.2, -0.15) is 0 Å². The van der Waals surface area contributed by atoms with Gasteiger partial charge in [0.15, 0.2) is 5.82 Å². The number of carbonyl (C=O) groups is 1. The first-order chi connectivity index (χ1) is 8.99. The molecule has 19 heavy (non-hydrogen) atoms.